The van der Waals surface area contributed by atoms with E-state index in [2.05, 4.69) is 41.0 Å². The lowest BCUT2D eigenvalue weighted by atomic mass is 10.3. The van der Waals surface area contributed by atoms with Crippen molar-refractivity contribution in [3.63, 3.8) is 0 Å². The molecule has 0 aromatic rings. The predicted molar refractivity (Wildman–Crippen MR) is 79.2 cm³/mol. The van der Waals surface area contributed by atoms with E-state index >= 15 is 0 Å². The molecule has 0 aromatic carbocycles. The van der Waals surface area contributed by atoms with Gasteiger partial charge in [-0.05, 0) is 25.8 Å². The van der Waals surface area contributed by atoms with E-state index in [-0.39, 0.29) is 0 Å². The van der Waals surface area contributed by atoms with E-state index in [4.69, 9.17) is 0 Å². The molecule has 1 rings (SSSR count). The molecule has 0 aromatic heterocycles. The molecule has 1 fully saturated rings. The van der Waals surface area contributed by atoms with Crippen LogP contribution in [0.25, 0.3) is 0 Å². The van der Waals surface area contributed by atoms with E-state index in [9.17, 15) is 0 Å². The zero-order valence-corrected chi connectivity index (χ0v) is 12.6. The van der Waals surface area contributed by atoms with Crippen LogP contribution in [-0.2, 0) is 0 Å². The molecule has 1 aliphatic carbocycles. The van der Waals surface area contributed by atoms with Gasteiger partial charge >= 0.3 is 0 Å². The number of nitrogens with zero attached hydrogens (tertiary/aromatic N) is 3. The van der Waals surface area contributed by atoms with Gasteiger partial charge in [-0.15, -0.1) is 0 Å². The number of nitrogens with one attached hydrogen (secondary N) is 1. The van der Waals surface area contributed by atoms with Gasteiger partial charge in [0.15, 0.2) is 5.96 Å². The van der Waals surface area contributed by atoms with E-state index < -0.39 is 0 Å². The van der Waals surface area contributed by atoms with Crippen LogP contribution in [0, 0.1) is 0 Å². The van der Waals surface area contributed by atoms with E-state index in [1.165, 1.54) is 25.7 Å². The first kappa shape index (κ1) is 15.3. The average Bonchev–Trinajstić information content (AvgIpc) is 3.20. The lowest BCUT2D eigenvalue weighted by Crippen LogP contribution is -2.43. The molecule has 0 amide bonds. The fraction of sp³-hybridized carbons (Fsp3) is 0.929. The number of likely N-dealkylation sites (N-methyl/N-ethyl adjacent to an activating group) is 1. The molecule has 0 saturated heterocycles. The average molecular weight is 254 g/mol. The summed E-state index contributed by atoms with van der Waals surface area (Å²) in [6, 6.07) is 0.858. The number of aliphatic imine (C=N–C) groups is 1. The zero-order valence-electron chi connectivity index (χ0n) is 12.6. The van der Waals surface area contributed by atoms with Crippen LogP contribution in [0.5, 0.6) is 0 Å². The van der Waals surface area contributed by atoms with Crippen molar-refractivity contribution in [2.24, 2.45) is 4.99 Å². The van der Waals surface area contributed by atoms with Crippen LogP contribution >= 0.6 is 0 Å². The summed E-state index contributed by atoms with van der Waals surface area (Å²) in [6.07, 6.45) is 5.23. The van der Waals surface area contributed by atoms with Gasteiger partial charge in [-0.25, -0.2) is 0 Å². The van der Waals surface area contributed by atoms with Crippen molar-refractivity contribution >= 4 is 5.96 Å². The fourth-order valence-corrected chi connectivity index (χ4v) is 2.24. The summed E-state index contributed by atoms with van der Waals surface area (Å²) in [6.45, 7) is 8.83. The second kappa shape index (κ2) is 8.35. The van der Waals surface area contributed by atoms with Crippen LogP contribution in [-0.4, -0.2) is 62.1 Å². The maximum atomic E-state index is 4.34. The van der Waals surface area contributed by atoms with Gasteiger partial charge in [-0.1, -0.05) is 20.3 Å². The number of rotatable bonds is 8. The van der Waals surface area contributed by atoms with Crippen LogP contribution < -0.4 is 5.32 Å². The summed E-state index contributed by atoms with van der Waals surface area (Å²) in [7, 11) is 3.98. The predicted octanol–water partition coefficient (Wildman–Crippen LogP) is 1.78. The highest BCUT2D eigenvalue weighted by Gasteiger charge is 2.27. The minimum absolute atomic E-state index is 0.858. The third-order valence-electron chi connectivity index (χ3n) is 3.57. The van der Waals surface area contributed by atoms with Crippen LogP contribution in [0.15, 0.2) is 4.99 Å². The van der Waals surface area contributed by atoms with Gasteiger partial charge in [0.05, 0.1) is 0 Å². The molecule has 18 heavy (non-hydrogen) atoms. The minimum atomic E-state index is 0.858. The molecule has 1 saturated carbocycles. The molecule has 1 N–H and O–H groups in total. The van der Waals surface area contributed by atoms with E-state index in [0.717, 1.165) is 38.2 Å². The number of hydrogen-bond donors (Lipinski definition) is 1. The second-order valence-corrected chi connectivity index (χ2v) is 5.11. The summed E-state index contributed by atoms with van der Waals surface area (Å²) in [5.41, 5.74) is 0. The summed E-state index contributed by atoms with van der Waals surface area (Å²) < 4.78 is 0. The standard InChI is InChI=1S/C14H30N4/c1-5-7-11-17(4)14(15-3)16-10-12-18(6-2)13-8-9-13/h13H,5-12H2,1-4H3,(H,15,16). The maximum absolute atomic E-state index is 4.34. The lowest BCUT2D eigenvalue weighted by Gasteiger charge is -2.24. The van der Waals surface area contributed by atoms with Crippen LogP contribution in [0.3, 0.4) is 0 Å². The normalized spacial score (nSPS) is 16.2. The highest BCUT2D eigenvalue weighted by molar-refractivity contribution is 5.79. The molecule has 4 nitrogen and oxygen atoms in total. The molecule has 0 unspecified atom stereocenters. The zero-order chi connectivity index (χ0) is 13.4. The van der Waals surface area contributed by atoms with Crippen molar-refractivity contribution in [2.45, 2.75) is 45.6 Å². The minimum Gasteiger partial charge on any atom is -0.355 e. The van der Waals surface area contributed by atoms with Crippen LogP contribution in [0.1, 0.15) is 39.5 Å². The van der Waals surface area contributed by atoms with Crippen molar-refractivity contribution in [1.82, 2.24) is 15.1 Å². The molecule has 1 aliphatic rings. The van der Waals surface area contributed by atoms with Crippen LogP contribution in [0.4, 0.5) is 0 Å². The largest absolute Gasteiger partial charge is 0.355 e. The molecule has 106 valence electrons. The van der Waals surface area contributed by atoms with Crippen molar-refractivity contribution in [1.29, 1.82) is 0 Å². The molecule has 0 spiro atoms. The second-order valence-electron chi connectivity index (χ2n) is 5.11. The molecular weight excluding hydrogens is 224 g/mol. The Morgan fingerprint density at radius 3 is 2.50 bits per heavy atom. The first-order chi connectivity index (χ1) is 8.72. The molecule has 0 heterocycles. The van der Waals surface area contributed by atoms with Crippen molar-refractivity contribution < 1.29 is 0 Å². The molecule has 0 aliphatic heterocycles. The SMILES string of the molecule is CCCCN(C)C(=NC)NCCN(CC)C1CC1. The van der Waals surface area contributed by atoms with Crippen LogP contribution in [0.2, 0.25) is 0 Å². The first-order valence-corrected chi connectivity index (χ1v) is 7.38. The third-order valence-corrected chi connectivity index (χ3v) is 3.57. The van der Waals surface area contributed by atoms with Gasteiger partial charge in [0.25, 0.3) is 0 Å². The topological polar surface area (TPSA) is 30.9 Å². The number of unbranched alkanes of at least 4 members (excludes halogenated alkanes) is 1. The van der Waals surface area contributed by atoms with Gasteiger partial charge in [0.1, 0.15) is 0 Å². The number of hydrogen-bond acceptors (Lipinski definition) is 2. The summed E-state index contributed by atoms with van der Waals surface area (Å²) in [5, 5.41) is 3.46. The lowest BCUT2D eigenvalue weighted by molar-refractivity contribution is 0.280. The Bertz CT molecular complexity index is 248. The Kier molecular flexibility index (Phi) is 7.09. The molecule has 0 radical (unpaired) electrons. The van der Waals surface area contributed by atoms with Crippen molar-refractivity contribution in [2.75, 3.05) is 40.3 Å². The highest BCUT2D eigenvalue weighted by Crippen LogP contribution is 2.25. The maximum Gasteiger partial charge on any atom is 0.193 e. The van der Waals surface area contributed by atoms with Gasteiger partial charge in [-0.2, -0.15) is 0 Å². The third kappa shape index (κ3) is 5.25. The quantitative estimate of drug-likeness (QED) is 0.529. The Hall–Kier alpha value is -0.770. The summed E-state index contributed by atoms with van der Waals surface area (Å²) in [5.74, 6) is 1.02. The molecule has 0 bridgehead atoms. The molecule has 4 heteroatoms. The van der Waals surface area contributed by atoms with E-state index in [1.54, 1.807) is 0 Å². The van der Waals surface area contributed by atoms with Gasteiger partial charge in [-0.3, -0.25) is 9.89 Å². The number of guanidine groups is 1. The van der Waals surface area contributed by atoms with Crippen molar-refractivity contribution in [3.05, 3.63) is 0 Å². The first-order valence-electron chi connectivity index (χ1n) is 7.38. The van der Waals surface area contributed by atoms with Crippen molar-refractivity contribution in [3.8, 4) is 0 Å². The summed E-state index contributed by atoms with van der Waals surface area (Å²) in [4.78, 5) is 9.12. The fourth-order valence-electron chi connectivity index (χ4n) is 2.24. The molecular formula is C14H30N4. The Morgan fingerprint density at radius 1 is 1.28 bits per heavy atom. The monoisotopic (exact) mass is 254 g/mol. The Labute approximate surface area is 112 Å². The Morgan fingerprint density at radius 2 is 2.00 bits per heavy atom. The van der Waals surface area contributed by atoms with Gasteiger partial charge < -0.3 is 10.2 Å². The van der Waals surface area contributed by atoms with E-state index in [1.807, 2.05) is 7.05 Å². The van der Waals surface area contributed by atoms with E-state index in [0.29, 0.717) is 0 Å². The highest BCUT2D eigenvalue weighted by atomic mass is 15.3. The summed E-state index contributed by atoms with van der Waals surface area (Å²) >= 11 is 0. The molecule has 0 atom stereocenters. The van der Waals surface area contributed by atoms with Gasteiger partial charge in [0, 0.05) is 39.8 Å². The van der Waals surface area contributed by atoms with Gasteiger partial charge in [0.2, 0.25) is 0 Å². The Balaban J connectivity index is 2.22. The smallest absolute Gasteiger partial charge is 0.193 e.